The highest BCUT2D eigenvalue weighted by atomic mass is 35.5. The van der Waals surface area contributed by atoms with E-state index in [2.05, 4.69) is 15.3 Å². The van der Waals surface area contributed by atoms with E-state index >= 15 is 0 Å². The molecule has 3 aromatic rings. The first kappa shape index (κ1) is 12.8. The second-order valence-electron chi connectivity index (χ2n) is 3.92. The number of nitro groups is 1. The largest absolute Gasteiger partial charge is 0.348 e. The van der Waals surface area contributed by atoms with Crippen molar-refractivity contribution in [1.29, 1.82) is 0 Å². The minimum absolute atomic E-state index is 0.0737. The third-order valence-corrected chi connectivity index (χ3v) is 3.85. The van der Waals surface area contributed by atoms with Crippen LogP contribution < -0.4 is 5.32 Å². The van der Waals surface area contributed by atoms with Crippen LogP contribution in [0.1, 0.15) is 0 Å². The van der Waals surface area contributed by atoms with Gasteiger partial charge < -0.3 is 5.32 Å². The fourth-order valence-corrected chi connectivity index (χ4v) is 2.76. The van der Waals surface area contributed by atoms with Crippen molar-refractivity contribution >= 4 is 50.2 Å². The zero-order valence-corrected chi connectivity index (χ0v) is 11.5. The fourth-order valence-electron chi connectivity index (χ4n) is 1.79. The van der Waals surface area contributed by atoms with Crippen molar-refractivity contribution in [3.05, 3.63) is 51.2 Å². The van der Waals surface area contributed by atoms with Crippen LogP contribution in [-0.2, 0) is 0 Å². The molecule has 0 radical (unpaired) electrons. The molecular weight excluding hydrogens is 300 g/mol. The van der Waals surface area contributed by atoms with Gasteiger partial charge in [0, 0.05) is 10.4 Å². The van der Waals surface area contributed by atoms with Crippen LogP contribution in [0.25, 0.3) is 10.1 Å². The van der Waals surface area contributed by atoms with E-state index in [0.717, 1.165) is 10.1 Å². The van der Waals surface area contributed by atoms with Gasteiger partial charge in [0.25, 0.3) is 0 Å². The van der Waals surface area contributed by atoms with Gasteiger partial charge in [-0.1, -0.05) is 11.6 Å². The zero-order chi connectivity index (χ0) is 14.1. The Bertz CT molecular complexity index is 805. The van der Waals surface area contributed by atoms with Crippen molar-refractivity contribution in [3.63, 3.8) is 0 Å². The highest BCUT2D eigenvalue weighted by molar-refractivity contribution is 7.17. The summed E-state index contributed by atoms with van der Waals surface area (Å²) in [6, 6.07) is 7.65. The van der Waals surface area contributed by atoms with E-state index in [1.54, 1.807) is 11.3 Å². The van der Waals surface area contributed by atoms with E-state index in [9.17, 15) is 10.1 Å². The van der Waals surface area contributed by atoms with E-state index in [1.807, 2.05) is 29.6 Å². The number of anilines is 2. The number of nitrogens with zero attached hydrogens (tertiary/aromatic N) is 3. The molecule has 0 bridgehead atoms. The van der Waals surface area contributed by atoms with E-state index in [-0.39, 0.29) is 16.7 Å². The Kier molecular flexibility index (Phi) is 3.21. The first-order valence-corrected chi connectivity index (χ1v) is 6.80. The van der Waals surface area contributed by atoms with Crippen LogP contribution in [0.3, 0.4) is 0 Å². The van der Waals surface area contributed by atoms with Gasteiger partial charge in [-0.25, -0.2) is 9.97 Å². The van der Waals surface area contributed by atoms with Crippen LogP contribution in [0.5, 0.6) is 0 Å². The smallest absolute Gasteiger partial charge is 0.334 e. The lowest BCUT2D eigenvalue weighted by Crippen LogP contribution is -2.01. The van der Waals surface area contributed by atoms with Gasteiger partial charge in [0.15, 0.2) is 0 Å². The number of hydrogen-bond acceptors (Lipinski definition) is 6. The van der Waals surface area contributed by atoms with Crippen LogP contribution >= 0.6 is 22.9 Å². The maximum Gasteiger partial charge on any atom is 0.348 e. The van der Waals surface area contributed by atoms with E-state index in [0.29, 0.717) is 5.69 Å². The Balaban J connectivity index is 2.02. The summed E-state index contributed by atoms with van der Waals surface area (Å²) in [7, 11) is 0. The molecule has 1 aromatic carbocycles. The van der Waals surface area contributed by atoms with E-state index in [1.165, 1.54) is 6.33 Å². The van der Waals surface area contributed by atoms with E-state index < -0.39 is 4.92 Å². The molecule has 0 unspecified atom stereocenters. The van der Waals surface area contributed by atoms with Crippen LogP contribution in [0.15, 0.2) is 36.0 Å². The molecule has 0 spiro atoms. The molecule has 2 heterocycles. The molecule has 0 atom stereocenters. The van der Waals surface area contributed by atoms with Crippen LogP contribution in [0.2, 0.25) is 5.15 Å². The molecule has 0 fully saturated rings. The van der Waals surface area contributed by atoms with Gasteiger partial charge in [-0.05, 0) is 35.0 Å². The second kappa shape index (κ2) is 5.03. The Labute approximate surface area is 122 Å². The molecule has 0 aliphatic rings. The lowest BCUT2D eigenvalue weighted by molar-refractivity contribution is -0.384. The minimum atomic E-state index is -0.603. The first-order chi connectivity index (χ1) is 9.65. The summed E-state index contributed by atoms with van der Waals surface area (Å²) in [5.74, 6) is 0.0737. The van der Waals surface area contributed by atoms with Crippen LogP contribution in [0, 0.1) is 10.1 Å². The van der Waals surface area contributed by atoms with Gasteiger partial charge >= 0.3 is 5.69 Å². The molecule has 3 rings (SSSR count). The van der Waals surface area contributed by atoms with Crippen LogP contribution in [0.4, 0.5) is 17.2 Å². The summed E-state index contributed by atoms with van der Waals surface area (Å²) in [6.45, 7) is 0. The lowest BCUT2D eigenvalue weighted by Gasteiger charge is -2.06. The normalized spacial score (nSPS) is 10.7. The number of hydrogen-bond donors (Lipinski definition) is 1. The van der Waals surface area contributed by atoms with Crippen LogP contribution in [-0.4, -0.2) is 14.9 Å². The number of aromatic nitrogens is 2. The maximum atomic E-state index is 11.0. The van der Waals surface area contributed by atoms with Gasteiger partial charge in [-0.15, -0.1) is 11.3 Å². The number of nitrogens with one attached hydrogen (secondary N) is 1. The lowest BCUT2D eigenvalue weighted by atomic mass is 10.2. The Hall–Kier alpha value is -2.25. The molecule has 1 N–H and O–H groups in total. The SMILES string of the molecule is O=[N+]([O-])c1c(Cl)ncnc1Nc1ccc2sccc2c1. The monoisotopic (exact) mass is 306 g/mol. The van der Waals surface area contributed by atoms with Crippen molar-refractivity contribution in [2.75, 3.05) is 5.32 Å². The molecule has 100 valence electrons. The van der Waals surface area contributed by atoms with Crippen molar-refractivity contribution < 1.29 is 4.92 Å². The second-order valence-corrected chi connectivity index (χ2v) is 5.22. The average molecular weight is 307 g/mol. The predicted molar refractivity (Wildman–Crippen MR) is 78.8 cm³/mol. The van der Waals surface area contributed by atoms with Crippen molar-refractivity contribution in [1.82, 2.24) is 9.97 Å². The van der Waals surface area contributed by atoms with Crippen molar-refractivity contribution in [2.24, 2.45) is 0 Å². The molecule has 0 saturated heterocycles. The summed E-state index contributed by atoms with van der Waals surface area (Å²) in [6.07, 6.45) is 1.18. The van der Waals surface area contributed by atoms with E-state index in [4.69, 9.17) is 11.6 Å². The third kappa shape index (κ3) is 2.28. The highest BCUT2D eigenvalue weighted by Crippen LogP contribution is 2.32. The van der Waals surface area contributed by atoms with Gasteiger partial charge in [0.05, 0.1) is 4.92 Å². The maximum absolute atomic E-state index is 11.0. The predicted octanol–water partition coefficient (Wildman–Crippen LogP) is 4.00. The number of benzene rings is 1. The first-order valence-electron chi connectivity index (χ1n) is 5.54. The molecule has 20 heavy (non-hydrogen) atoms. The quantitative estimate of drug-likeness (QED) is 0.449. The summed E-state index contributed by atoms with van der Waals surface area (Å²) in [5.41, 5.74) is 0.369. The number of halogens is 1. The summed E-state index contributed by atoms with van der Waals surface area (Å²) in [4.78, 5) is 17.9. The molecule has 0 aliphatic carbocycles. The van der Waals surface area contributed by atoms with Crippen molar-refractivity contribution in [2.45, 2.75) is 0 Å². The number of fused-ring (bicyclic) bond motifs is 1. The summed E-state index contributed by atoms with van der Waals surface area (Å²) < 4.78 is 1.14. The fraction of sp³-hybridized carbons (Fsp3) is 0. The Morgan fingerprint density at radius 1 is 1.30 bits per heavy atom. The third-order valence-electron chi connectivity index (χ3n) is 2.68. The van der Waals surface area contributed by atoms with Crippen molar-refractivity contribution in [3.8, 4) is 0 Å². The topological polar surface area (TPSA) is 81.0 Å². The number of rotatable bonds is 3. The summed E-state index contributed by atoms with van der Waals surface area (Å²) >= 11 is 7.37. The Morgan fingerprint density at radius 2 is 2.15 bits per heavy atom. The molecule has 0 saturated carbocycles. The standard InChI is InChI=1S/C12H7ClN4O2S/c13-11-10(17(18)19)12(15-6-14-11)16-8-1-2-9-7(5-8)3-4-20-9/h1-6H,(H,14,15,16). The molecule has 6 nitrogen and oxygen atoms in total. The zero-order valence-electron chi connectivity index (χ0n) is 9.91. The summed E-state index contributed by atoms with van der Waals surface area (Å²) in [5, 5.41) is 16.8. The average Bonchev–Trinajstić information content (AvgIpc) is 2.85. The minimum Gasteiger partial charge on any atom is -0.334 e. The molecule has 0 amide bonds. The molecule has 8 heteroatoms. The van der Waals surface area contributed by atoms with Gasteiger partial charge in [-0.3, -0.25) is 10.1 Å². The molecule has 0 aliphatic heterocycles. The molecule has 2 aromatic heterocycles. The number of thiophene rings is 1. The highest BCUT2D eigenvalue weighted by Gasteiger charge is 2.21. The molecular formula is C12H7ClN4O2S. The Morgan fingerprint density at radius 3 is 2.95 bits per heavy atom. The van der Waals surface area contributed by atoms with Gasteiger partial charge in [0.1, 0.15) is 6.33 Å². The van der Waals surface area contributed by atoms with Gasteiger partial charge in [-0.2, -0.15) is 0 Å². The van der Waals surface area contributed by atoms with Gasteiger partial charge in [0.2, 0.25) is 11.0 Å².